The van der Waals surface area contributed by atoms with Crippen LogP contribution in [0.4, 0.5) is 0 Å². The van der Waals surface area contributed by atoms with Crippen molar-refractivity contribution in [2.75, 3.05) is 0 Å². The van der Waals surface area contributed by atoms with Gasteiger partial charge in [-0.05, 0) is 58.7 Å². The topological polar surface area (TPSA) is 76.2 Å². The number of H-pyrrole nitrogens is 1. The number of aromatic amines is 1. The molecule has 0 saturated heterocycles. The molecule has 2 rings (SSSR count). The highest BCUT2D eigenvalue weighted by atomic mass is 16.5. The highest BCUT2D eigenvalue weighted by Gasteiger charge is 2.26. The molecule has 1 atom stereocenters. The van der Waals surface area contributed by atoms with Crippen LogP contribution < -0.4 is 0 Å². The summed E-state index contributed by atoms with van der Waals surface area (Å²) < 4.78 is 5.34. The molecule has 0 fully saturated rings. The minimum absolute atomic E-state index is 0.106. The summed E-state index contributed by atoms with van der Waals surface area (Å²) in [5, 5.41) is 0. The zero-order valence-corrected chi connectivity index (χ0v) is 15.4. The fourth-order valence-corrected chi connectivity index (χ4v) is 3.05. The van der Waals surface area contributed by atoms with Crippen molar-refractivity contribution in [3.63, 3.8) is 0 Å². The Hall–Kier alpha value is -2.69. The molecule has 1 aromatic carbocycles. The molecule has 1 aromatic heterocycles. The molecular formula is C20H23NO4. The van der Waals surface area contributed by atoms with E-state index in [2.05, 4.69) is 4.98 Å². The first-order valence-electron chi connectivity index (χ1n) is 8.16. The fraction of sp³-hybridized carbons (Fsp3) is 0.350. The monoisotopic (exact) mass is 341 g/mol. The largest absolute Gasteiger partial charge is 0.451 e. The molecule has 0 aliphatic carbocycles. The van der Waals surface area contributed by atoms with Crippen molar-refractivity contribution in [3.05, 3.63) is 57.4 Å². The maximum absolute atomic E-state index is 12.6. The van der Waals surface area contributed by atoms with Crippen LogP contribution in [0.2, 0.25) is 0 Å². The molecule has 5 heteroatoms. The number of rotatable bonds is 5. The van der Waals surface area contributed by atoms with Gasteiger partial charge in [0, 0.05) is 11.3 Å². The standard InChI is InChI=1S/C20H23NO4/c1-10-7-8-16(11(2)9-10)20(24)25-15(6)19(23)18-12(3)17(14(5)22)13(4)21-18/h7-9,15,21H,1-6H3. The van der Waals surface area contributed by atoms with Crippen molar-refractivity contribution < 1.29 is 19.1 Å². The van der Waals surface area contributed by atoms with Crippen LogP contribution in [0.3, 0.4) is 0 Å². The van der Waals surface area contributed by atoms with Crippen molar-refractivity contribution in [3.8, 4) is 0 Å². The van der Waals surface area contributed by atoms with E-state index in [0.717, 1.165) is 11.1 Å². The summed E-state index contributed by atoms with van der Waals surface area (Å²) in [6.45, 7) is 10.2. The Kier molecular flexibility index (Phi) is 5.26. The quantitative estimate of drug-likeness (QED) is 0.661. The number of benzene rings is 1. The zero-order valence-electron chi connectivity index (χ0n) is 15.4. The number of carbonyl (C=O) groups excluding carboxylic acids is 3. The molecule has 1 heterocycles. The molecule has 0 saturated carbocycles. The molecule has 0 spiro atoms. The molecule has 25 heavy (non-hydrogen) atoms. The lowest BCUT2D eigenvalue weighted by Crippen LogP contribution is -2.25. The average Bonchev–Trinajstić information content (AvgIpc) is 2.80. The number of aryl methyl sites for hydroxylation is 3. The van der Waals surface area contributed by atoms with Crippen LogP contribution in [0.15, 0.2) is 18.2 Å². The first kappa shape index (κ1) is 18.6. The van der Waals surface area contributed by atoms with Crippen LogP contribution in [0.25, 0.3) is 0 Å². The van der Waals surface area contributed by atoms with Gasteiger partial charge in [0.15, 0.2) is 11.9 Å². The van der Waals surface area contributed by atoms with E-state index < -0.39 is 12.1 Å². The predicted molar refractivity (Wildman–Crippen MR) is 95.4 cm³/mol. The highest BCUT2D eigenvalue weighted by molar-refractivity contribution is 6.05. The Balaban J connectivity index is 2.22. The van der Waals surface area contributed by atoms with Gasteiger partial charge in [0.05, 0.1) is 11.3 Å². The highest BCUT2D eigenvalue weighted by Crippen LogP contribution is 2.21. The van der Waals surface area contributed by atoms with Gasteiger partial charge in [0.25, 0.3) is 0 Å². The van der Waals surface area contributed by atoms with Crippen molar-refractivity contribution in [2.45, 2.75) is 47.6 Å². The van der Waals surface area contributed by atoms with Crippen LogP contribution in [0.1, 0.15) is 67.4 Å². The number of hydrogen-bond acceptors (Lipinski definition) is 4. The van der Waals surface area contributed by atoms with Crippen molar-refractivity contribution in [1.82, 2.24) is 4.98 Å². The van der Waals surface area contributed by atoms with E-state index in [0.29, 0.717) is 28.1 Å². The molecule has 0 amide bonds. The first-order valence-corrected chi connectivity index (χ1v) is 8.16. The number of ketones is 2. The third kappa shape index (κ3) is 3.71. The zero-order chi connectivity index (χ0) is 18.9. The number of hydrogen-bond donors (Lipinski definition) is 1. The minimum atomic E-state index is -0.954. The summed E-state index contributed by atoms with van der Waals surface area (Å²) >= 11 is 0. The summed E-state index contributed by atoms with van der Waals surface area (Å²) in [4.78, 5) is 39.6. The van der Waals surface area contributed by atoms with Crippen molar-refractivity contribution in [2.24, 2.45) is 0 Å². The summed E-state index contributed by atoms with van der Waals surface area (Å²) in [6, 6.07) is 5.41. The third-order valence-corrected chi connectivity index (χ3v) is 4.29. The number of carbonyl (C=O) groups is 3. The van der Waals surface area contributed by atoms with E-state index in [-0.39, 0.29) is 11.6 Å². The van der Waals surface area contributed by atoms with Crippen LogP contribution >= 0.6 is 0 Å². The molecular weight excluding hydrogens is 318 g/mol. The lowest BCUT2D eigenvalue weighted by molar-refractivity contribution is 0.0316. The van der Waals surface area contributed by atoms with E-state index in [1.165, 1.54) is 13.8 Å². The number of aromatic nitrogens is 1. The Morgan fingerprint density at radius 3 is 2.24 bits per heavy atom. The Morgan fingerprint density at radius 1 is 1.08 bits per heavy atom. The van der Waals surface area contributed by atoms with E-state index >= 15 is 0 Å². The van der Waals surface area contributed by atoms with Gasteiger partial charge < -0.3 is 9.72 Å². The van der Waals surface area contributed by atoms with Crippen LogP contribution in [-0.4, -0.2) is 28.6 Å². The number of Topliss-reactive ketones (excluding diaryl/α,β-unsaturated/α-hetero) is 2. The molecule has 0 bridgehead atoms. The normalized spacial score (nSPS) is 11.9. The third-order valence-electron chi connectivity index (χ3n) is 4.29. The fourth-order valence-electron chi connectivity index (χ4n) is 3.05. The van der Waals surface area contributed by atoms with Crippen LogP contribution in [0.5, 0.6) is 0 Å². The van der Waals surface area contributed by atoms with E-state index in [1.807, 2.05) is 26.0 Å². The second-order valence-corrected chi connectivity index (χ2v) is 6.41. The maximum atomic E-state index is 12.6. The van der Waals surface area contributed by atoms with E-state index in [4.69, 9.17) is 4.74 Å². The van der Waals surface area contributed by atoms with Gasteiger partial charge >= 0.3 is 5.97 Å². The number of ether oxygens (including phenoxy) is 1. The lowest BCUT2D eigenvalue weighted by Gasteiger charge is -2.13. The van der Waals surface area contributed by atoms with Crippen molar-refractivity contribution in [1.29, 1.82) is 0 Å². The van der Waals surface area contributed by atoms with Crippen molar-refractivity contribution >= 4 is 17.5 Å². The van der Waals surface area contributed by atoms with Gasteiger partial charge in [-0.1, -0.05) is 17.7 Å². The molecule has 1 N–H and O–H groups in total. The SMILES string of the molecule is CC(=O)c1c(C)[nH]c(C(=O)C(C)OC(=O)c2ccc(C)cc2C)c1C. The summed E-state index contributed by atoms with van der Waals surface area (Å²) in [6.07, 6.45) is -0.954. The predicted octanol–water partition coefficient (Wildman–Crippen LogP) is 3.88. The maximum Gasteiger partial charge on any atom is 0.339 e. The molecule has 2 aromatic rings. The molecule has 0 radical (unpaired) electrons. The van der Waals surface area contributed by atoms with Gasteiger partial charge in [0.1, 0.15) is 0 Å². The van der Waals surface area contributed by atoms with E-state index in [9.17, 15) is 14.4 Å². The summed E-state index contributed by atoms with van der Waals surface area (Å²) in [7, 11) is 0. The van der Waals surface area contributed by atoms with Gasteiger partial charge in [0.2, 0.25) is 5.78 Å². The molecule has 132 valence electrons. The minimum Gasteiger partial charge on any atom is -0.451 e. The average molecular weight is 341 g/mol. The Bertz CT molecular complexity index is 861. The Morgan fingerprint density at radius 2 is 1.72 bits per heavy atom. The first-order chi connectivity index (χ1) is 11.6. The summed E-state index contributed by atoms with van der Waals surface area (Å²) in [5.74, 6) is -0.998. The Labute approximate surface area is 147 Å². The van der Waals surface area contributed by atoms with Crippen LogP contribution in [0, 0.1) is 27.7 Å². The molecule has 1 unspecified atom stereocenters. The van der Waals surface area contributed by atoms with Gasteiger partial charge in [-0.25, -0.2) is 4.79 Å². The number of nitrogens with one attached hydrogen (secondary N) is 1. The second-order valence-electron chi connectivity index (χ2n) is 6.41. The van der Waals surface area contributed by atoms with Gasteiger partial charge in [-0.2, -0.15) is 0 Å². The molecule has 0 aliphatic heterocycles. The van der Waals surface area contributed by atoms with Gasteiger partial charge in [-0.15, -0.1) is 0 Å². The van der Waals surface area contributed by atoms with Crippen LogP contribution in [-0.2, 0) is 4.74 Å². The number of esters is 1. The van der Waals surface area contributed by atoms with E-state index in [1.54, 1.807) is 19.9 Å². The second kappa shape index (κ2) is 7.05. The van der Waals surface area contributed by atoms with Gasteiger partial charge in [-0.3, -0.25) is 9.59 Å². The summed E-state index contributed by atoms with van der Waals surface area (Å²) in [5.41, 5.74) is 4.34. The lowest BCUT2D eigenvalue weighted by atomic mass is 10.0. The smallest absolute Gasteiger partial charge is 0.339 e. The molecule has 0 aliphatic rings. The molecule has 5 nitrogen and oxygen atoms in total.